The summed E-state index contributed by atoms with van der Waals surface area (Å²) < 4.78 is 0. The van der Waals surface area contributed by atoms with Gasteiger partial charge in [0, 0.05) is 18.2 Å². The first-order valence-corrected chi connectivity index (χ1v) is 5.41. The van der Waals surface area contributed by atoms with Crippen LogP contribution in [0.25, 0.3) is 4.85 Å². The van der Waals surface area contributed by atoms with Crippen LogP contribution in [0, 0.1) is 13.0 Å². The first-order valence-electron chi connectivity index (χ1n) is 5.41. The molecule has 1 rings (SSSR count). The van der Waals surface area contributed by atoms with E-state index in [1.807, 2.05) is 39.0 Å². The third kappa shape index (κ3) is 3.39. The molecule has 1 unspecified atom stereocenters. The number of rotatable bonds is 3. The zero-order chi connectivity index (χ0) is 12.0. The summed E-state index contributed by atoms with van der Waals surface area (Å²) in [4.78, 5) is 14.7. The van der Waals surface area contributed by atoms with Crippen LogP contribution >= 0.6 is 0 Å². The summed E-state index contributed by atoms with van der Waals surface area (Å²) in [5.74, 6) is 0. The summed E-state index contributed by atoms with van der Waals surface area (Å²) in [5.41, 5.74) is 2.68. The first-order chi connectivity index (χ1) is 7.67. The molecule has 16 heavy (non-hydrogen) atoms. The van der Waals surface area contributed by atoms with Crippen LogP contribution in [0.2, 0.25) is 0 Å². The highest BCUT2D eigenvalue weighted by Gasteiger charge is 2.05. The van der Waals surface area contributed by atoms with Crippen molar-refractivity contribution in [2.45, 2.75) is 26.8 Å². The summed E-state index contributed by atoms with van der Waals surface area (Å²) in [5, 5.41) is 3.25. The third-order valence-corrected chi connectivity index (χ3v) is 2.22. The van der Waals surface area contributed by atoms with Crippen molar-refractivity contribution >= 4 is 12.0 Å². The van der Waals surface area contributed by atoms with E-state index in [9.17, 15) is 4.79 Å². The molecule has 0 radical (unpaired) electrons. The van der Waals surface area contributed by atoms with E-state index in [1.165, 1.54) is 0 Å². The Bertz CT molecular complexity index is 429. The number of carbonyl (C=O) groups excluding carboxylic acids is 1. The number of nitrogens with one attached hydrogen (secondary N) is 1. The minimum atomic E-state index is 0.0708. The highest BCUT2D eigenvalue weighted by atomic mass is 16.1. The van der Waals surface area contributed by atoms with E-state index in [0.717, 1.165) is 29.6 Å². The highest BCUT2D eigenvalue weighted by molar-refractivity contribution is 5.78. The molecule has 3 nitrogen and oxygen atoms in total. The van der Waals surface area contributed by atoms with Crippen LogP contribution in [0.5, 0.6) is 0 Å². The van der Waals surface area contributed by atoms with Crippen LogP contribution in [0.3, 0.4) is 0 Å². The third-order valence-electron chi connectivity index (χ3n) is 2.22. The second-order valence-electron chi connectivity index (χ2n) is 3.66. The Morgan fingerprint density at radius 3 is 2.88 bits per heavy atom. The van der Waals surface area contributed by atoms with Gasteiger partial charge in [-0.15, -0.1) is 0 Å². The summed E-state index contributed by atoms with van der Waals surface area (Å²) >= 11 is 0. The van der Waals surface area contributed by atoms with Gasteiger partial charge in [-0.05, 0) is 37.6 Å². The van der Waals surface area contributed by atoms with Crippen LogP contribution in [-0.2, 0) is 0 Å². The average molecular weight is 217 g/mol. The molecule has 1 atom stereocenters. The standard InChI is InChI=1S/C13H16N2O/c1-4-14-8-11(3)15-13-6-5-12(9-16)10(2)7-13/h5-7,9,11H,4H2,1-3H3/p+1. The van der Waals surface area contributed by atoms with Crippen LogP contribution in [0.4, 0.5) is 5.69 Å². The first kappa shape index (κ1) is 12.3. The van der Waals surface area contributed by atoms with Crippen molar-refractivity contribution in [3.63, 3.8) is 0 Å². The normalized spacial score (nSPS) is 11.2. The fraction of sp³-hybridized carbons (Fsp3) is 0.385. The topological polar surface area (TPSA) is 33.5 Å². The molecule has 0 amide bonds. The quantitative estimate of drug-likeness (QED) is 0.790. The highest BCUT2D eigenvalue weighted by Crippen LogP contribution is 2.14. The zero-order valence-corrected chi connectivity index (χ0v) is 9.95. The van der Waals surface area contributed by atoms with Crippen molar-refractivity contribution in [1.82, 2.24) is 0 Å². The smallest absolute Gasteiger partial charge is 0.297 e. The lowest BCUT2D eigenvalue weighted by Gasteiger charge is -2.07. The van der Waals surface area contributed by atoms with Gasteiger partial charge in [0.25, 0.3) is 12.6 Å². The Kier molecular flexibility index (Phi) is 4.53. The Hall–Kier alpha value is -1.82. The van der Waals surface area contributed by atoms with Crippen LogP contribution < -0.4 is 5.32 Å². The van der Waals surface area contributed by atoms with E-state index < -0.39 is 0 Å². The van der Waals surface area contributed by atoms with Crippen molar-refractivity contribution in [2.75, 3.05) is 11.9 Å². The Balaban J connectivity index is 2.75. The van der Waals surface area contributed by atoms with Crippen LogP contribution in [-0.4, -0.2) is 18.9 Å². The van der Waals surface area contributed by atoms with Crippen molar-refractivity contribution in [1.29, 1.82) is 0 Å². The van der Waals surface area contributed by atoms with Gasteiger partial charge in [-0.1, -0.05) is 4.85 Å². The summed E-state index contributed by atoms with van der Waals surface area (Å²) in [7, 11) is 0. The van der Waals surface area contributed by atoms with Gasteiger partial charge in [-0.3, -0.25) is 4.79 Å². The predicted molar refractivity (Wildman–Crippen MR) is 67.4 cm³/mol. The monoisotopic (exact) mass is 217 g/mol. The maximum atomic E-state index is 10.7. The predicted octanol–water partition coefficient (Wildman–Crippen LogP) is 2.96. The molecule has 84 valence electrons. The zero-order valence-electron chi connectivity index (χ0n) is 9.95. The molecule has 0 bridgehead atoms. The fourth-order valence-corrected chi connectivity index (χ4v) is 1.41. The van der Waals surface area contributed by atoms with E-state index in [2.05, 4.69) is 16.2 Å². The van der Waals surface area contributed by atoms with E-state index in [0.29, 0.717) is 0 Å². The largest absolute Gasteiger partial charge is 0.367 e. The molecule has 3 heteroatoms. The minimum absolute atomic E-state index is 0.0708. The van der Waals surface area contributed by atoms with Gasteiger partial charge < -0.3 is 5.32 Å². The molecule has 0 saturated carbocycles. The minimum Gasteiger partial charge on any atom is -0.367 e. The maximum absolute atomic E-state index is 10.7. The summed E-state index contributed by atoms with van der Waals surface area (Å²) in [6.07, 6.45) is 0.868. The second kappa shape index (κ2) is 5.92. The van der Waals surface area contributed by atoms with E-state index >= 15 is 0 Å². The van der Waals surface area contributed by atoms with Crippen molar-refractivity contribution < 1.29 is 4.79 Å². The molecule has 0 fully saturated rings. The molecule has 1 aromatic rings. The number of aldehydes is 1. The lowest BCUT2D eigenvalue weighted by molar-refractivity contribution is 0.112. The second-order valence-corrected chi connectivity index (χ2v) is 3.66. The van der Waals surface area contributed by atoms with Gasteiger partial charge in [-0.25, -0.2) is 0 Å². The summed E-state index contributed by atoms with van der Waals surface area (Å²) in [6.45, 7) is 6.63. The molecule has 1 N–H and O–H groups in total. The van der Waals surface area contributed by atoms with Crippen molar-refractivity contribution in [3.8, 4) is 6.07 Å². The molecule has 0 aromatic heterocycles. The molecular formula is C13H17N2O+. The SMILES string of the molecule is CC[N+]#CC(C)Nc1ccc(C=O)c(C)c1. The number of hydrogen-bond donors (Lipinski definition) is 1. The molecule has 0 aliphatic carbocycles. The fourth-order valence-electron chi connectivity index (χ4n) is 1.41. The lowest BCUT2D eigenvalue weighted by Crippen LogP contribution is -2.12. The number of carbonyl (C=O) groups is 1. The van der Waals surface area contributed by atoms with Gasteiger partial charge in [-0.2, -0.15) is 0 Å². The van der Waals surface area contributed by atoms with E-state index in [-0.39, 0.29) is 6.04 Å². The Labute approximate surface area is 96.3 Å². The van der Waals surface area contributed by atoms with Crippen LogP contribution in [0.15, 0.2) is 18.2 Å². The van der Waals surface area contributed by atoms with Gasteiger partial charge in [0.05, 0.1) is 0 Å². The van der Waals surface area contributed by atoms with Crippen molar-refractivity contribution in [2.24, 2.45) is 0 Å². The van der Waals surface area contributed by atoms with Gasteiger partial charge >= 0.3 is 0 Å². The molecule has 1 aromatic carbocycles. The average Bonchev–Trinajstić information content (AvgIpc) is 2.26. The molecule has 0 aliphatic rings. The molecule has 0 saturated heterocycles. The summed E-state index contributed by atoms with van der Waals surface area (Å²) in [6, 6.07) is 8.70. The number of hydrogen-bond acceptors (Lipinski definition) is 2. The molecule has 0 spiro atoms. The van der Waals surface area contributed by atoms with Gasteiger partial charge in [0.15, 0.2) is 6.04 Å². The Morgan fingerprint density at radius 2 is 2.31 bits per heavy atom. The number of aryl methyl sites for hydroxylation is 1. The number of nitrogens with zero attached hydrogens (tertiary/aromatic N) is 1. The van der Waals surface area contributed by atoms with Gasteiger partial charge in [0.2, 0.25) is 0 Å². The lowest BCUT2D eigenvalue weighted by atomic mass is 10.1. The molecule has 0 heterocycles. The van der Waals surface area contributed by atoms with E-state index in [4.69, 9.17) is 0 Å². The number of anilines is 1. The Morgan fingerprint density at radius 1 is 1.56 bits per heavy atom. The number of benzene rings is 1. The molecular weight excluding hydrogens is 200 g/mol. The van der Waals surface area contributed by atoms with Crippen molar-refractivity contribution in [3.05, 3.63) is 34.2 Å². The maximum Gasteiger partial charge on any atom is 0.297 e. The van der Waals surface area contributed by atoms with Gasteiger partial charge in [0.1, 0.15) is 6.29 Å². The molecule has 0 aliphatic heterocycles. The van der Waals surface area contributed by atoms with E-state index in [1.54, 1.807) is 0 Å². The van der Waals surface area contributed by atoms with Crippen LogP contribution in [0.1, 0.15) is 29.8 Å².